The molecule has 3 heterocycles. The van der Waals surface area contributed by atoms with Crippen LogP contribution in [-0.4, -0.2) is 52.8 Å². The van der Waals surface area contributed by atoms with E-state index in [2.05, 4.69) is 30.9 Å². The molecule has 0 spiro atoms. The molecule has 4 N–H and O–H groups in total. The number of hydrogen-bond acceptors (Lipinski definition) is 7. The number of anilines is 2. The number of aromatic nitrogens is 3. The molecule has 7 heteroatoms. The van der Waals surface area contributed by atoms with Crippen molar-refractivity contribution in [2.45, 2.75) is 19.3 Å². The predicted molar refractivity (Wildman–Crippen MR) is 99.5 cm³/mol. The summed E-state index contributed by atoms with van der Waals surface area (Å²) >= 11 is 0. The van der Waals surface area contributed by atoms with Crippen molar-refractivity contribution in [2.24, 2.45) is 5.92 Å². The lowest BCUT2D eigenvalue weighted by molar-refractivity contribution is 0.311. The molecule has 0 radical (unpaired) electrons. The number of hydrogen-bond donors (Lipinski definition) is 4. The third kappa shape index (κ3) is 5.37. The van der Waals surface area contributed by atoms with Crippen LogP contribution in [0.4, 0.5) is 11.8 Å². The maximum Gasteiger partial charge on any atom is 0.225 e. The fraction of sp³-hybridized carbons (Fsp3) is 0.500. The van der Waals surface area contributed by atoms with E-state index in [1.165, 1.54) is 12.8 Å². The fourth-order valence-electron chi connectivity index (χ4n) is 3.03. The highest BCUT2D eigenvalue weighted by atomic mass is 16.3. The second kappa shape index (κ2) is 9.29. The third-order valence-corrected chi connectivity index (χ3v) is 4.41. The SMILES string of the molecule is OCCNc1nc(NCCC2CCNCC2)cc(-c2ccncc2)n1. The van der Waals surface area contributed by atoms with Gasteiger partial charge in [-0.3, -0.25) is 4.98 Å². The molecule has 2 aromatic heterocycles. The van der Waals surface area contributed by atoms with Crippen LogP contribution in [0.25, 0.3) is 11.3 Å². The zero-order valence-electron chi connectivity index (χ0n) is 14.4. The van der Waals surface area contributed by atoms with Crippen LogP contribution in [0.1, 0.15) is 19.3 Å². The van der Waals surface area contributed by atoms with Gasteiger partial charge < -0.3 is 21.1 Å². The van der Waals surface area contributed by atoms with Crippen molar-refractivity contribution >= 4 is 11.8 Å². The van der Waals surface area contributed by atoms with Crippen molar-refractivity contribution < 1.29 is 5.11 Å². The molecule has 0 atom stereocenters. The van der Waals surface area contributed by atoms with Crippen LogP contribution in [0.2, 0.25) is 0 Å². The van der Waals surface area contributed by atoms with Gasteiger partial charge in [-0.05, 0) is 50.4 Å². The third-order valence-electron chi connectivity index (χ3n) is 4.41. The van der Waals surface area contributed by atoms with E-state index in [-0.39, 0.29) is 6.61 Å². The summed E-state index contributed by atoms with van der Waals surface area (Å²) in [5, 5.41) is 18.9. The van der Waals surface area contributed by atoms with Gasteiger partial charge >= 0.3 is 0 Å². The number of aliphatic hydroxyl groups excluding tert-OH is 1. The van der Waals surface area contributed by atoms with E-state index in [0.29, 0.717) is 12.5 Å². The summed E-state index contributed by atoms with van der Waals surface area (Å²) in [4.78, 5) is 13.1. The van der Waals surface area contributed by atoms with E-state index in [1.807, 2.05) is 18.2 Å². The largest absolute Gasteiger partial charge is 0.395 e. The molecule has 7 nitrogen and oxygen atoms in total. The summed E-state index contributed by atoms with van der Waals surface area (Å²) in [5.41, 5.74) is 1.83. The number of pyridine rings is 1. The summed E-state index contributed by atoms with van der Waals surface area (Å²) in [7, 11) is 0. The van der Waals surface area contributed by atoms with Crippen molar-refractivity contribution in [1.82, 2.24) is 20.3 Å². The van der Waals surface area contributed by atoms with Crippen molar-refractivity contribution in [1.29, 1.82) is 0 Å². The Kier molecular flexibility index (Phi) is 6.53. The van der Waals surface area contributed by atoms with Gasteiger partial charge in [0.2, 0.25) is 5.95 Å². The zero-order valence-corrected chi connectivity index (χ0v) is 14.4. The summed E-state index contributed by atoms with van der Waals surface area (Å²) < 4.78 is 0. The molecule has 0 saturated carbocycles. The molecule has 1 fully saturated rings. The van der Waals surface area contributed by atoms with E-state index in [1.54, 1.807) is 12.4 Å². The maximum absolute atomic E-state index is 9.02. The Balaban J connectivity index is 1.68. The van der Waals surface area contributed by atoms with E-state index in [9.17, 15) is 0 Å². The summed E-state index contributed by atoms with van der Waals surface area (Å²) in [5.74, 6) is 2.10. The van der Waals surface area contributed by atoms with E-state index < -0.39 is 0 Å². The van der Waals surface area contributed by atoms with Crippen LogP contribution in [0, 0.1) is 5.92 Å². The Labute approximate surface area is 148 Å². The lowest BCUT2D eigenvalue weighted by Crippen LogP contribution is -2.28. The first kappa shape index (κ1) is 17.6. The van der Waals surface area contributed by atoms with Crippen molar-refractivity contribution in [3.63, 3.8) is 0 Å². The van der Waals surface area contributed by atoms with Gasteiger partial charge in [-0.15, -0.1) is 0 Å². The van der Waals surface area contributed by atoms with Gasteiger partial charge in [0.05, 0.1) is 12.3 Å². The van der Waals surface area contributed by atoms with E-state index >= 15 is 0 Å². The normalized spacial score (nSPS) is 15.1. The smallest absolute Gasteiger partial charge is 0.225 e. The molecule has 134 valence electrons. The monoisotopic (exact) mass is 342 g/mol. The second-order valence-corrected chi connectivity index (χ2v) is 6.26. The van der Waals surface area contributed by atoms with Crippen LogP contribution in [0.5, 0.6) is 0 Å². The number of aliphatic hydroxyl groups is 1. The first-order valence-electron chi connectivity index (χ1n) is 8.94. The summed E-state index contributed by atoms with van der Waals surface area (Å²) in [6.07, 6.45) is 7.15. The topological polar surface area (TPSA) is 95.0 Å². The van der Waals surface area contributed by atoms with Gasteiger partial charge in [-0.25, -0.2) is 4.98 Å². The van der Waals surface area contributed by atoms with E-state index in [0.717, 1.165) is 49.0 Å². The number of piperidine rings is 1. The van der Waals surface area contributed by atoms with Gasteiger partial charge in [0.15, 0.2) is 0 Å². The van der Waals surface area contributed by atoms with Gasteiger partial charge in [0, 0.05) is 37.1 Å². The summed E-state index contributed by atoms with van der Waals surface area (Å²) in [6.45, 7) is 3.62. The summed E-state index contributed by atoms with van der Waals surface area (Å²) in [6, 6.07) is 5.82. The standard InChI is InChI=1S/C18H26N6O/c25-12-11-22-18-23-16(15-4-8-20-9-5-15)13-17(24-18)21-10-3-14-1-6-19-7-2-14/h4-5,8-9,13-14,19,25H,1-3,6-7,10-12H2,(H2,21,22,23,24). The zero-order chi connectivity index (χ0) is 17.3. The highest BCUT2D eigenvalue weighted by Crippen LogP contribution is 2.21. The molecule has 3 rings (SSSR count). The number of nitrogens with one attached hydrogen (secondary N) is 3. The second-order valence-electron chi connectivity index (χ2n) is 6.26. The van der Waals surface area contributed by atoms with Crippen molar-refractivity contribution in [3.05, 3.63) is 30.6 Å². The minimum atomic E-state index is 0.0430. The Morgan fingerprint density at radius 1 is 1.08 bits per heavy atom. The van der Waals surface area contributed by atoms with Crippen LogP contribution in [0.3, 0.4) is 0 Å². The van der Waals surface area contributed by atoms with Gasteiger partial charge in [0.1, 0.15) is 5.82 Å². The van der Waals surface area contributed by atoms with Crippen molar-refractivity contribution in [2.75, 3.05) is 43.4 Å². The molecular formula is C18H26N6O. The minimum Gasteiger partial charge on any atom is -0.395 e. The molecule has 25 heavy (non-hydrogen) atoms. The molecule has 0 aromatic carbocycles. The first-order valence-corrected chi connectivity index (χ1v) is 8.94. The van der Waals surface area contributed by atoms with Crippen LogP contribution in [0.15, 0.2) is 30.6 Å². The molecule has 0 aliphatic carbocycles. The van der Waals surface area contributed by atoms with Gasteiger partial charge in [-0.2, -0.15) is 4.98 Å². The van der Waals surface area contributed by atoms with Gasteiger partial charge in [-0.1, -0.05) is 0 Å². The number of rotatable bonds is 8. The average Bonchev–Trinajstić information content (AvgIpc) is 2.68. The lowest BCUT2D eigenvalue weighted by Gasteiger charge is -2.22. The molecule has 0 bridgehead atoms. The Hall–Kier alpha value is -2.25. The molecule has 1 aliphatic rings. The molecule has 0 unspecified atom stereocenters. The van der Waals surface area contributed by atoms with Crippen molar-refractivity contribution in [3.8, 4) is 11.3 Å². The molecular weight excluding hydrogens is 316 g/mol. The predicted octanol–water partition coefficient (Wildman–Crippen LogP) is 1.74. The highest BCUT2D eigenvalue weighted by molar-refractivity contribution is 5.63. The van der Waals surface area contributed by atoms with Crippen LogP contribution in [-0.2, 0) is 0 Å². The van der Waals surface area contributed by atoms with E-state index in [4.69, 9.17) is 5.11 Å². The quantitative estimate of drug-likeness (QED) is 0.580. The highest BCUT2D eigenvalue weighted by Gasteiger charge is 2.13. The maximum atomic E-state index is 9.02. The Morgan fingerprint density at radius 3 is 2.64 bits per heavy atom. The molecule has 2 aromatic rings. The molecule has 1 aliphatic heterocycles. The van der Waals surface area contributed by atoms with Gasteiger partial charge in [0.25, 0.3) is 0 Å². The lowest BCUT2D eigenvalue weighted by atomic mass is 9.95. The van der Waals surface area contributed by atoms with Crippen LogP contribution < -0.4 is 16.0 Å². The minimum absolute atomic E-state index is 0.0430. The number of nitrogens with zero attached hydrogens (tertiary/aromatic N) is 3. The molecule has 1 saturated heterocycles. The van der Waals surface area contributed by atoms with Crippen LogP contribution >= 0.6 is 0 Å². The fourth-order valence-corrected chi connectivity index (χ4v) is 3.03. The average molecular weight is 342 g/mol. The first-order chi connectivity index (χ1) is 12.3. The Morgan fingerprint density at radius 2 is 1.88 bits per heavy atom. The Bertz CT molecular complexity index is 645. The molecule has 0 amide bonds.